The van der Waals surface area contributed by atoms with E-state index < -0.39 is 5.82 Å². The first kappa shape index (κ1) is 27.9. The standard InChI is InChI=1S/C31H43FN2O5/c1-30(11-4-12-30)17-33-29(37)26-19-5-7-20(8-6-19)27(26)34-28(36)22-15-25(23(32)16-24(22)38-3)39-21-9-13-31(2,18-35)14-10-21/h15-16,18-21,26-27H,4-14,17H2,1-3H3,(H,33,37)(H,34,36)/t19?,20?,21?,26-,27+,31?/m0/s1. The molecule has 1 aromatic rings. The van der Waals surface area contributed by atoms with E-state index in [1.54, 1.807) is 0 Å². The van der Waals surface area contributed by atoms with E-state index in [9.17, 15) is 18.8 Å². The molecule has 0 unspecified atom stereocenters. The van der Waals surface area contributed by atoms with Crippen molar-refractivity contribution >= 4 is 18.1 Å². The molecule has 1 aromatic carbocycles. The van der Waals surface area contributed by atoms with Gasteiger partial charge < -0.3 is 24.9 Å². The van der Waals surface area contributed by atoms with Gasteiger partial charge in [0, 0.05) is 24.1 Å². The van der Waals surface area contributed by atoms with Crippen molar-refractivity contribution in [1.29, 1.82) is 0 Å². The van der Waals surface area contributed by atoms with E-state index >= 15 is 0 Å². The number of ether oxygens (including phenoxy) is 2. The van der Waals surface area contributed by atoms with E-state index in [-0.39, 0.29) is 69.6 Å². The minimum absolute atomic E-state index is 0.00820. The van der Waals surface area contributed by atoms with Crippen molar-refractivity contribution in [2.45, 2.75) is 96.6 Å². The summed E-state index contributed by atoms with van der Waals surface area (Å²) in [5, 5.41) is 6.38. The lowest BCUT2D eigenvalue weighted by Crippen LogP contribution is -2.58. The van der Waals surface area contributed by atoms with Gasteiger partial charge in [-0.25, -0.2) is 4.39 Å². The highest BCUT2D eigenvalue weighted by Gasteiger charge is 2.48. The van der Waals surface area contributed by atoms with Gasteiger partial charge in [-0.05, 0) is 87.5 Å². The van der Waals surface area contributed by atoms with E-state index in [1.165, 1.54) is 25.7 Å². The fourth-order valence-electron chi connectivity index (χ4n) is 7.28. The third-order valence-corrected chi connectivity index (χ3v) is 10.2. The summed E-state index contributed by atoms with van der Waals surface area (Å²) in [5.74, 6) is -0.555. The first-order chi connectivity index (χ1) is 18.6. The smallest absolute Gasteiger partial charge is 0.255 e. The third-order valence-electron chi connectivity index (χ3n) is 10.2. The van der Waals surface area contributed by atoms with Crippen LogP contribution in [0.25, 0.3) is 0 Å². The molecular formula is C31H43FN2O5. The molecule has 0 heterocycles. The number of aldehydes is 1. The average Bonchev–Trinajstić information content (AvgIpc) is 2.93. The highest BCUT2D eigenvalue weighted by molar-refractivity contribution is 5.98. The van der Waals surface area contributed by atoms with Gasteiger partial charge in [-0.2, -0.15) is 0 Å². The molecule has 0 radical (unpaired) electrons. The van der Waals surface area contributed by atoms with Crippen LogP contribution in [-0.4, -0.2) is 43.9 Å². The first-order valence-corrected chi connectivity index (χ1v) is 14.7. The lowest BCUT2D eigenvalue weighted by molar-refractivity contribution is -0.132. The molecule has 214 valence electrons. The molecule has 5 aliphatic carbocycles. The molecule has 2 atom stereocenters. The fraction of sp³-hybridized carbons (Fsp3) is 0.710. The van der Waals surface area contributed by atoms with Gasteiger partial charge in [0.15, 0.2) is 11.6 Å². The highest BCUT2D eigenvalue weighted by Crippen LogP contribution is 2.46. The van der Waals surface area contributed by atoms with E-state index in [1.807, 2.05) is 6.92 Å². The second kappa shape index (κ2) is 11.1. The van der Waals surface area contributed by atoms with Gasteiger partial charge in [-0.3, -0.25) is 9.59 Å². The Morgan fingerprint density at radius 1 is 1.00 bits per heavy atom. The highest BCUT2D eigenvalue weighted by atomic mass is 19.1. The number of carbonyl (C=O) groups is 3. The monoisotopic (exact) mass is 542 g/mol. The van der Waals surface area contributed by atoms with Gasteiger partial charge in [0.1, 0.15) is 12.0 Å². The number of amides is 2. The Bertz CT molecular complexity index is 1090. The van der Waals surface area contributed by atoms with E-state index in [4.69, 9.17) is 9.47 Å². The zero-order valence-corrected chi connectivity index (χ0v) is 23.5. The molecule has 2 amide bonds. The summed E-state index contributed by atoms with van der Waals surface area (Å²) in [6, 6.07) is 2.35. The molecule has 39 heavy (non-hydrogen) atoms. The molecule has 2 N–H and O–H groups in total. The largest absolute Gasteiger partial charge is 0.496 e. The van der Waals surface area contributed by atoms with Gasteiger partial charge in [0.05, 0.1) is 24.7 Å². The Morgan fingerprint density at radius 2 is 1.67 bits per heavy atom. The lowest BCUT2D eigenvalue weighted by Gasteiger charge is -2.48. The molecule has 5 saturated carbocycles. The summed E-state index contributed by atoms with van der Waals surface area (Å²) < 4.78 is 26.4. The maximum Gasteiger partial charge on any atom is 0.255 e. The van der Waals surface area contributed by atoms with Crippen LogP contribution in [0.2, 0.25) is 0 Å². The number of carbonyl (C=O) groups excluding carboxylic acids is 3. The van der Waals surface area contributed by atoms with Crippen molar-refractivity contribution in [2.75, 3.05) is 13.7 Å². The summed E-state index contributed by atoms with van der Waals surface area (Å²) in [4.78, 5) is 38.5. The Labute approximate surface area is 231 Å². The lowest BCUT2D eigenvalue weighted by atomic mass is 9.61. The van der Waals surface area contributed by atoms with Gasteiger partial charge in [0.25, 0.3) is 5.91 Å². The maximum atomic E-state index is 15.0. The van der Waals surface area contributed by atoms with Crippen LogP contribution in [-0.2, 0) is 9.59 Å². The number of hydrogen-bond acceptors (Lipinski definition) is 5. The molecule has 6 rings (SSSR count). The maximum absolute atomic E-state index is 15.0. The molecule has 5 aliphatic rings. The van der Waals surface area contributed by atoms with Gasteiger partial charge in [-0.15, -0.1) is 0 Å². The number of fused-ring (bicyclic) bond motifs is 3. The molecule has 2 bridgehead atoms. The molecule has 7 nitrogen and oxygen atoms in total. The molecule has 0 aliphatic heterocycles. The number of benzene rings is 1. The summed E-state index contributed by atoms with van der Waals surface area (Å²) in [5.41, 5.74) is 0.0238. The normalized spacial score (nSPS) is 33.0. The van der Waals surface area contributed by atoms with Crippen LogP contribution in [0.4, 0.5) is 4.39 Å². The zero-order valence-electron chi connectivity index (χ0n) is 23.5. The minimum Gasteiger partial charge on any atom is -0.496 e. The number of nitrogens with one attached hydrogen (secondary N) is 2. The van der Waals surface area contributed by atoms with Crippen LogP contribution in [0.3, 0.4) is 0 Å². The number of methoxy groups -OCH3 is 1. The average molecular weight is 543 g/mol. The molecule has 5 fully saturated rings. The quantitative estimate of drug-likeness (QED) is 0.418. The topological polar surface area (TPSA) is 93.7 Å². The molecule has 0 aromatic heterocycles. The van der Waals surface area contributed by atoms with Crippen LogP contribution < -0.4 is 20.1 Å². The number of rotatable bonds is 9. The van der Waals surface area contributed by atoms with Crippen molar-refractivity contribution in [1.82, 2.24) is 10.6 Å². The molecule has 0 saturated heterocycles. The van der Waals surface area contributed by atoms with Crippen molar-refractivity contribution in [2.24, 2.45) is 28.6 Å². The molecular weight excluding hydrogens is 499 g/mol. The van der Waals surface area contributed by atoms with Crippen molar-refractivity contribution in [3.05, 3.63) is 23.5 Å². The van der Waals surface area contributed by atoms with Crippen LogP contribution in [0.5, 0.6) is 11.5 Å². The summed E-state index contributed by atoms with van der Waals surface area (Å²) in [6.45, 7) is 4.84. The molecule has 8 heteroatoms. The number of halogens is 1. The van der Waals surface area contributed by atoms with Crippen molar-refractivity contribution in [3.63, 3.8) is 0 Å². The van der Waals surface area contributed by atoms with Crippen molar-refractivity contribution in [3.8, 4) is 11.5 Å². The molecule has 0 spiro atoms. The summed E-state index contributed by atoms with van der Waals surface area (Å²) in [6.07, 6.45) is 10.9. The Balaban J connectivity index is 1.31. The van der Waals surface area contributed by atoms with Crippen LogP contribution in [0, 0.1) is 34.4 Å². The Kier molecular flexibility index (Phi) is 7.93. The van der Waals surface area contributed by atoms with Crippen LogP contribution >= 0.6 is 0 Å². The Morgan fingerprint density at radius 3 is 2.26 bits per heavy atom. The third kappa shape index (κ3) is 5.80. The predicted octanol–water partition coefficient (Wildman–Crippen LogP) is 5.20. The minimum atomic E-state index is -0.592. The first-order valence-electron chi connectivity index (χ1n) is 14.7. The summed E-state index contributed by atoms with van der Waals surface area (Å²) in [7, 11) is 1.41. The Hall–Kier alpha value is -2.64. The zero-order chi connectivity index (χ0) is 27.8. The van der Waals surface area contributed by atoms with Gasteiger partial charge in [0.2, 0.25) is 5.91 Å². The van der Waals surface area contributed by atoms with Gasteiger partial charge in [-0.1, -0.05) is 20.3 Å². The van der Waals surface area contributed by atoms with E-state index in [0.29, 0.717) is 32.2 Å². The van der Waals surface area contributed by atoms with Crippen LogP contribution in [0.15, 0.2) is 12.1 Å². The van der Waals surface area contributed by atoms with E-state index in [0.717, 1.165) is 44.8 Å². The van der Waals surface area contributed by atoms with E-state index in [2.05, 4.69) is 17.6 Å². The van der Waals surface area contributed by atoms with Crippen LogP contribution in [0.1, 0.15) is 94.8 Å². The fourth-order valence-corrected chi connectivity index (χ4v) is 7.28. The van der Waals surface area contributed by atoms with Gasteiger partial charge >= 0.3 is 0 Å². The van der Waals surface area contributed by atoms with Crippen molar-refractivity contribution < 1.29 is 28.2 Å². The SMILES string of the molecule is COc1cc(F)c(OC2CCC(C)(C=O)CC2)cc1C(=O)N[C@@H]1C2CCC(CC2)[C@@H]1C(=O)NCC1(C)CCC1. The second-order valence-corrected chi connectivity index (χ2v) is 13.2. The summed E-state index contributed by atoms with van der Waals surface area (Å²) >= 11 is 0. The second-order valence-electron chi connectivity index (χ2n) is 13.2. The predicted molar refractivity (Wildman–Crippen MR) is 145 cm³/mol. The number of hydrogen-bond donors (Lipinski definition) is 2.